The lowest BCUT2D eigenvalue weighted by atomic mass is 10.1. The average molecular weight is 503 g/mol. The van der Waals surface area contributed by atoms with Crippen LogP contribution in [0.15, 0.2) is 144 Å². The highest BCUT2D eigenvalue weighted by Gasteiger charge is 2.17. The van der Waals surface area contributed by atoms with Crippen molar-refractivity contribution in [1.82, 2.24) is 4.57 Å². The van der Waals surface area contributed by atoms with Gasteiger partial charge in [-0.25, -0.2) is 0 Å². The van der Waals surface area contributed by atoms with Crippen molar-refractivity contribution in [3.05, 3.63) is 155 Å². The van der Waals surface area contributed by atoms with Crippen LogP contribution in [0.3, 0.4) is 0 Å². The topological polar surface area (TPSA) is 25.2 Å². The third kappa shape index (κ3) is 3.96. The lowest BCUT2D eigenvalue weighted by molar-refractivity contribution is 1.16. The maximum Gasteiger partial charge on any atom is 0.197 e. The van der Waals surface area contributed by atoms with Crippen molar-refractivity contribution < 1.29 is 0 Å². The van der Waals surface area contributed by atoms with E-state index in [1.54, 1.807) is 0 Å². The van der Waals surface area contributed by atoms with Crippen LogP contribution in [0.1, 0.15) is 5.56 Å². The highest BCUT2D eigenvalue weighted by molar-refractivity contribution is 5.98. The number of hydrogen-bond acceptors (Lipinski definition) is 2. The third-order valence-electron chi connectivity index (χ3n) is 7.38. The lowest BCUT2D eigenvalue weighted by Crippen LogP contribution is -2.13. The van der Waals surface area contributed by atoms with Crippen LogP contribution >= 0.6 is 0 Å². The van der Waals surface area contributed by atoms with Gasteiger partial charge < -0.3 is 9.47 Å². The Morgan fingerprint density at radius 2 is 1.18 bits per heavy atom. The fourth-order valence-electron chi connectivity index (χ4n) is 5.56. The molecule has 0 atom stereocenters. The molecule has 0 N–H and O–H groups in total. The van der Waals surface area contributed by atoms with Crippen LogP contribution in [0.2, 0.25) is 0 Å². The summed E-state index contributed by atoms with van der Waals surface area (Å²) in [5, 5.41) is 3.76. The smallest absolute Gasteiger partial charge is 0.197 e. The first-order chi connectivity index (χ1) is 19.2. The molecule has 0 aliphatic carbocycles. The van der Waals surface area contributed by atoms with Gasteiger partial charge in [-0.1, -0.05) is 72.8 Å². The van der Waals surface area contributed by atoms with Gasteiger partial charge in [0.2, 0.25) is 0 Å². The number of pyridine rings is 1. The Morgan fingerprint density at radius 3 is 2.03 bits per heavy atom. The molecule has 1 aromatic heterocycles. The van der Waals surface area contributed by atoms with Gasteiger partial charge in [0.1, 0.15) is 0 Å². The number of para-hydroxylation sites is 2. The Kier molecular flexibility index (Phi) is 5.49. The lowest BCUT2D eigenvalue weighted by Gasteiger charge is -2.27. The Bertz CT molecular complexity index is 2060. The van der Waals surface area contributed by atoms with Gasteiger partial charge in [0.25, 0.3) is 0 Å². The van der Waals surface area contributed by atoms with E-state index in [4.69, 9.17) is 0 Å². The number of anilines is 3. The minimum Gasteiger partial charge on any atom is -0.310 e. The first-order valence-electron chi connectivity index (χ1n) is 13.2. The zero-order valence-electron chi connectivity index (χ0n) is 21.6. The molecule has 0 saturated heterocycles. The molecule has 186 valence electrons. The van der Waals surface area contributed by atoms with Crippen molar-refractivity contribution in [2.45, 2.75) is 6.92 Å². The Labute approximate surface area is 226 Å². The van der Waals surface area contributed by atoms with Crippen molar-refractivity contribution in [2.24, 2.45) is 0 Å². The van der Waals surface area contributed by atoms with Crippen LogP contribution < -0.4 is 10.3 Å². The first-order valence-corrected chi connectivity index (χ1v) is 13.2. The number of rotatable bonds is 4. The molecule has 0 fully saturated rings. The molecule has 0 amide bonds. The number of benzene rings is 6. The standard InChI is InChI=1S/C36H26N2O/c1-25-10-9-15-29(22-25)37(30-19-18-26-11-5-6-12-27(26)23-30)31-20-21-35-33(24-31)36(39)32-16-7-8-17-34(32)38(35)28-13-3-2-4-14-28/h2-24H,1H3. The quantitative estimate of drug-likeness (QED) is 0.224. The number of aryl methyl sites for hydroxylation is 1. The molecule has 0 saturated carbocycles. The van der Waals surface area contributed by atoms with E-state index < -0.39 is 0 Å². The number of aromatic nitrogens is 1. The molecule has 0 spiro atoms. The van der Waals surface area contributed by atoms with Crippen LogP contribution in [0.25, 0.3) is 38.3 Å². The molecule has 3 nitrogen and oxygen atoms in total. The van der Waals surface area contributed by atoms with E-state index in [9.17, 15) is 4.79 Å². The summed E-state index contributed by atoms with van der Waals surface area (Å²) in [5.41, 5.74) is 7.06. The summed E-state index contributed by atoms with van der Waals surface area (Å²) in [4.78, 5) is 16.2. The molecule has 6 aromatic carbocycles. The molecule has 7 aromatic rings. The summed E-state index contributed by atoms with van der Waals surface area (Å²) >= 11 is 0. The molecule has 0 aliphatic rings. The first kappa shape index (κ1) is 23.0. The molecular formula is C36H26N2O. The number of fused-ring (bicyclic) bond motifs is 3. The Morgan fingerprint density at radius 1 is 0.513 bits per heavy atom. The van der Waals surface area contributed by atoms with Crippen molar-refractivity contribution in [3.8, 4) is 5.69 Å². The van der Waals surface area contributed by atoms with Crippen LogP contribution in [-0.2, 0) is 0 Å². The third-order valence-corrected chi connectivity index (χ3v) is 7.38. The fourth-order valence-corrected chi connectivity index (χ4v) is 5.56. The summed E-state index contributed by atoms with van der Waals surface area (Å²) in [7, 11) is 0. The van der Waals surface area contributed by atoms with Crippen LogP contribution in [0.4, 0.5) is 17.1 Å². The van der Waals surface area contributed by atoms with Gasteiger partial charge in [-0.15, -0.1) is 0 Å². The largest absolute Gasteiger partial charge is 0.310 e. The molecule has 3 heteroatoms. The molecule has 0 bridgehead atoms. The fraction of sp³-hybridized carbons (Fsp3) is 0.0278. The van der Waals surface area contributed by atoms with Crippen LogP contribution in [0, 0.1) is 6.92 Å². The van der Waals surface area contributed by atoms with Gasteiger partial charge in [0.15, 0.2) is 5.43 Å². The predicted molar refractivity (Wildman–Crippen MR) is 164 cm³/mol. The molecule has 0 unspecified atom stereocenters. The summed E-state index contributed by atoms with van der Waals surface area (Å²) in [6, 6.07) is 47.7. The molecule has 7 rings (SSSR count). The summed E-state index contributed by atoms with van der Waals surface area (Å²) in [6.45, 7) is 2.10. The van der Waals surface area contributed by atoms with Gasteiger partial charge in [0, 0.05) is 33.5 Å². The van der Waals surface area contributed by atoms with E-state index in [-0.39, 0.29) is 5.43 Å². The van der Waals surface area contributed by atoms with Crippen LogP contribution in [0.5, 0.6) is 0 Å². The number of hydrogen-bond donors (Lipinski definition) is 0. The zero-order valence-corrected chi connectivity index (χ0v) is 21.6. The van der Waals surface area contributed by atoms with E-state index in [1.165, 1.54) is 16.3 Å². The molecule has 1 heterocycles. The van der Waals surface area contributed by atoms with Gasteiger partial charge in [-0.05, 0) is 90.0 Å². The second kappa shape index (κ2) is 9.30. The Balaban J connectivity index is 1.52. The van der Waals surface area contributed by atoms with E-state index in [0.29, 0.717) is 10.8 Å². The highest BCUT2D eigenvalue weighted by Crippen LogP contribution is 2.38. The van der Waals surface area contributed by atoms with Gasteiger partial charge in [-0.2, -0.15) is 0 Å². The minimum absolute atomic E-state index is 0.0392. The van der Waals surface area contributed by atoms with Crippen molar-refractivity contribution in [1.29, 1.82) is 0 Å². The zero-order chi connectivity index (χ0) is 26.3. The van der Waals surface area contributed by atoms with Crippen molar-refractivity contribution in [3.63, 3.8) is 0 Å². The minimum atomic E-state index is 0.0392. The van der Waals surface area contributed by atoms with Crippen LogP contribution in [-0.4, -0.2) is 4.57 Å². The monoisotopic (exact) mass is 502 g/mol. The maximum atomic E-state index is 13.9. The van der Waals surface area contributed by atoms with E-state index >= 15 is 0 Å². The molecule has 39 heavy (non-hydrogen) atoms. The predicted octanol–water partition coefficient (Wildman–Crippen LogP) is 9.08. The molecule has 0 aliphatic heterocycles. The SMILES string of the molecule is Cc1cccc(N(c2ccc3ccccc3c2)c2ccc3c(c2)c(=O)c2ccccc2n3-c2ccccc2)c1. The average Bonchev–Trinajstić information content (AvgIpc) is 2.98. The summed E-state index contributed by atoms with van der Waals surface area (Å²) < 4.78 is 2.18. The van der Waals surface area contributed by atoms with E-state index in [1.807, 2.05) is 48.5 Å². The van der Waals surface area contributed by atoms with Crippen molar-refractivity contribution >= 4 is 49.6 Å². The normalized spacial score (nSPS) is 11.3. The second-order valence-corrected chi connectivity index (χ2v) is 9.92. The summed E-state index contributed by atoms with van der Waals surface area (Å²) in [5.74, 6) is 0. The number of nitrogens with zero attached hydrogens (tertiary/aromatic N) is 2. The van der Waals surface area contributed by atoms with Gasteiger partial charge in [-0.3, -0.25) is 4.79 Å². The van der Waals surface area contributed by atoms with Gasteiger partial charge >= 0.3 is 0 Å². The van der Waals surface area contributed by atoms with E-state index in [2.05, 4.69) is 107 Å². The second-order valence-electron chi connectivity index (χ2n) is 9.92. The summed E-state index contributed by atoms with van der Waals surface area (Å²) in [6.07, 6.45) is 0. The van der Waals surface area contributed by atoms with Crippen molar-refractivity contribution in [2.75, 3.05) is 4.90 Å². The van der Waals surface area contributed by atoms with E-state index in [0.717, 1.165) is 33.8 Å². The maximum absolute atomic E-state index is 13.9. The Hall–Kier alpha value is -5.15. The highest BCUT2D eigenvalue weighted by atomic mass is 16.1. The molecule has 0 radical (unpaired) electrons. The van der Waals surface area contributed by atoms with Gasteiger partial charge in [0.05, 0.1) is 11.0 Å². The molecular weight excluding hydrogens is 476 g/mol.